The zero-order valence-corrected chi connectivity index (χ0v) is 8.84. The van der Waals surface area contributed by atoms with Crippen LogP contribution in [0.3, 0.4) is 0 Å². The van der Waals surface area contributed by atoms with Gasteiger partial charge in [-0.3, -0.25) is 4.79 Å². The number of methoxy groups -OCH3 is 1. The third-order valence-electron chi connectivity index (χ3n) is 3.59. The van der Waals surface area contributed by atoms with E-state index in [1.165, 1.54) is 7.11 Å². The zero-order valence-electron chi connectivity index (χ0n) is 8.08. The molecule has 13 heavy (non-hydrogen) atoms. The van der Waals surface area contributed by atoms with Gasteiger partial charge >= 0.3 is 5.97 Å². The molecular formula is C9H14ClNO2. The summed E-state index contributed by atoms with van der Waals surface area (Å²) < 4.78 is 6.32. The first-order chi connectivity index (χ1) is 6.00. The van der Waals surface area contributed by atoms with E-state index in [4.69, 9.17) is 16.5 Å². The van der Waals surface area contributed by atoms with Gasteiger partial charge in [0.05, 0.1) is 7.11 Å². The molecule has 2 fully saturated rings. The van der Waals surface area contributed by atoms with Gasteiger partial charge in [0.2, 0.25) is 0 Å². The van der Waals surface area contributed by atoms with Crippen LogP contribution in [-0.4, -0.2) is 30.1 Å². The Labute approximate surface area is 83.1 Å². The molecule has 2 unspecified atom stereocenters. The first-order valence-electron chi connectivity index (χ1n) is 4.50. The van der Waals surface area contributed by atoms with Crippen LogP contribution in [0.15, 0.2) is 0 Å². The fourth-order valence-electron chi connectivity index (χ4n) is 2.62. The second-order valence-electron chi connectivity index (χ2n) is 4.50. The zero-order chi connectivity index (χ0) is 9.80. The fourth-order valence-corrected chi connectivity index (χ4v) is 2.97. The van der Waals surface area contributed by atoms with Gasteiger partial charge in [0, 0.05) is 6.54 Å². The molecule has 3 atom stereocenters. The maximum Gasteiger partial charge on any atom is 0.324 e. The summed E-state index contributed by atoms with van der Waals surface area (Å²) in [7, 11) is 1.41. The van der Waals surface area contributed by atoms with E-state index in [1.807, 2.05) is 0 Å². The summed E-state index contributed by atoms with van der Waals surface area (Å²) >= 11 is 5.94. The highest BCUT2D eigenvalue weighted by atomic mass is 35.5. The molecule has 0 N–H and O–H groups in total. The highest BCUT2D eigenvalue weighted by Gasteiger charge is 2.68. The maximum atomic E-state index is 11.4. The van der Waals surface area contributed by atoms with Crippen LogP contribution in [0.1, 0.15) is 13.8 Å². The van der Waals surface area contributed by atoms with E-state index in [-0.39, 0.29) is 17.4 Å². The lowest BCUT2D eigenvalue weighted by Gasteiger charge is -2.22. The lowest BCUT2D eigenvalue weighted by atomic mass is 10.0. The molecule has 2 aliphatic rings. The first-order valence-corrected chi connectivity index (χ1v) is 4.84. The van der Waals surface area contributed by atoms with Crippen molar-refractivity contribution in [3.8, 4) is 0 Å². The van der Waals surface area contributed by atoms with Crippen LogP contribution in [0.4, 0.5) is 0 Å². The molecule has 74 valence electrons. The van der Waals surface area contributed by atoms with Gasteiger partial charge < -0.3 is 4.74 Å². The van der Waals surface area contributed by atoms with E-state index >= 15 is 0 Å². The molecule has 0 aromatic rings. The van der Waals surface area contributed by atoms with Crippen molar-refractivity contribution in [2.45, 2.75) is 19.9 Å². The quantitative estimate of drug-likeness (QED) is 0.475. The van der Waals surface area contributed by atoms with Gasteiger partial charge in [0.25, 0.3) is 0 Å². The van der Waals surface area contributed by atoms with Crippen molar-refractivity contribution in [1.82, 2.24) is 4.42 Å². The Hall–Kier alpha value is -0.280. The van der Waals surface area contributed by atoms with Crippen molar-refractivity contribution in [3.63, 3.8) is 0 Å². The van der Waals surface area contributed by atoms with E-state index < -0.39 is 0 Å². The molecule has 0 bridgehead atoms. The van der Waals surface area contributed by atoms with Crippen molar-refractivity contribution >= 4 is 17.7 Å². The third-order valence-corrected chi connectivity index (χ3v) is 3.94. The molecule has 1 heterocycles. The predicted molar refractivity (Wildman–Crippen MR) is 49.1 cm³/mol. The van der Waals surface area contributed by atoms with E-state index in [1.54, 1.807) is 4.42 Å². The van der Waals surface area contributed by atoms with Crippen LogP contribution in [-0.2, 0) is 9.53 Å². The smallest absolute Gasteiger partial charge is 0.324 e. The lowest BCUT2D eigenvalue weighted by molar-refractivity contribution is -0.145. The van der Waals surface area contributed by atoms with Crippen molar-refractivity contribution in [3.05, 3.63) is 0 Å². The standard InChI is InChI=1S/C9H14ClNO2/c1-9(2)5-4-11(10)7(6(5)9)8(12)13-3/h5-7H,4H2,1-3H3/t5?,6?,7-/m0/s1. The molecule has 2 rings (SSSR count). The number of piperidine rings is 1. The monoisotopic (exact) mass is 203 g/mol. The normalized spacial score (nSPS) is 41.4. The van der Waals surface area contributed by atoms with Crippen LogP contribution >= 0.6 is 11.8 Å². The van der Waals surface area contributed by atoms with Crippen LogP contribution < -0.4 is 0 Å². The number of carbonyl (C=O) groups excluding carboxylic acids is 1. The average molecular weight is 204 g/mol. The predicted octanol–water partition coefficient (Wildman–Crippen LogP) is 1.27. The molecule has 1 aliphatic heterocycles. The van der Waals surface area contributed by atoms with E-state index in [2.05, 4.69) is 13.8 Å². The van der Waals surface area contributed by atoms with Crippen LogP contribution in [0.25, 0.3) is 0 Å². The number of esters is 1. The lowest BCUT2D eigenvalue weighted by Crippen LogP contribution is -2.36. The molecular weight excluding hydrogens is 190 g/mol. The van der Waals surface area contributed by atoms with Gasteiger partial charge in [-0.05, 0) is 29.0 Å². The maximum absolute atomic E-state index is 11.4. The van der Waals surface area contributed by atoms with Crippen molar-refractivity contribution in [1.29, 1.82) is 0 Å². The second-order valence-corrected chi connectivity index (χ2v) is 4.94. The Morgan fingerprint density at radius 1 is 1.62 bits per heavy atom. The van der Waals surface area contributed by atoms with Gasteiger partial charge in [-0.25, -0.2) is 4.42 Å². The minimum atomic E-state index is -0.230. The number of hydrogen-bond acceptors (Lipinski definition) is 3. The molecule has 0 amide bonds. The molecule has 0 aromatic carbocycles. The fraction of sp³-hybridized carbons (Fsp3) is 0.889. The molecule has 0 radical (unpaired) electrons. The van der Waals surface area contributed by atoms with E-state index in [9.17, 15) is 4.79 Å². The topological polar surface area (TPSA) is 29.5 Å². The number of nitrogens with zero attached hydrogens (tertiary/aromatic N) is 1. The Morgan fingerprint density at radius 2 is 2.23 bits per heavy atom. The molecule has 0 aromatic heterocycles. The minimum Gasteiger partial charge on any atom is -0.468 e. The first kappa shape index (κ1) is 9.28. The van der Waals surface area contributed by atoms with Gasteiger partial charge in [-0.1, -0.05) is 13.8 Å². The summed E-state index contributed by atoms with van der Waals surface area (Å²) in [5.41, 5.74) is 0.268. The molecule has 3 nitrogen and oxygen atoms in total. The summed E-state index contributed by atoms with van der Waals surface area (Å²) in [6.07, 6.45) is 0. The van der Waals surface area contributed by atoms with Crippen molar-refractivity contribution in [2.75, 3.05) is 13.7 Å². The molecule has 4 heteroatoms. The van der Waals surface area contributed by atoms with Crippen molar-refractivity contribution in [2.24, 2.45) is 17.3 Å². The SMILES string of the molecule is COC(=O)[C@@H]1C2C(CN1Cl)C2(C)C. The summed E-state index contributed by atoms with van der Waals surface area (Å²) in [6, 6.07) is -0.230. The minimum absolute atomic E-state index is 0.201. The van der Waals surface area contributed by atoms with Crippen LogP contribution in [0.5, 0.6) is 0 Å². The van der Waals surface area contributed by atoms with Gasteiger partial charge in [-0.2, -0.15) is 0 Å². The number of ether oxygens (including phenoxy) is 1. The van der Waals surface area contributed by atoms with E-state index in [0.717, 1.165) is 6.54 Å². The van der Waals surface area contributed by atoms with Crippen LogP contribution in [0, 0.1) is 17.3 Å². The van der Waals surface area contributed by atoms with Gasteiger partial charge in [-0.15, -0.1) is 0 Å². The largest absolute Gasteiger partial charge is 0.468 e. The van der Waals surface area contributed by atoms with Gasteiger partial charge in [0.1, 0.15) is 6.04 Å². The molecule has 0 spiro atoms. The molecule has 1 saturated carbocycles. The highest BCUT2D eigenvalue weighted by Crippen LogP contribution is 2.65. The highest BCUT2D eigenvalue weighted by molar-refractivity contribution is 6.15. The van der Waals surface area contributed by atoms with Crippen LogP contribution in [0.2, 0.25) is 0 Å². The molecule has 1 saturated heterocycles. The summed E-state index contributed by atoms with van der Waals surface area (Å²) in [5, 5.41) is 0. The number of hydrogen-bond donors (Lipinski definition) is 0. The average Bonchev–Trinajstić information content (AvgIpc) is 2.48. The Bertz CT molecular complexity index is 254. The molecule has 1 aliphatic carbocycles. The summed E-state index contributed by atoms with van der Waals surface area (Å²) in [4.78, 5) is 11.4. The number of halogens is 1. The Morgan fingerprint density at radius 3 is 2.69 bits per heavy atom. The summed E-state index contributed by atoms with van der Waals surface area (Å²) in [5.74, 6) is 0.750. The van der Waals surface area contributed by atoms with E-state index in [0.29, 0.717) is 11.8 Å². The number of fused-ring (bicyclic) bond motifs is 1. The Kier molecular flexibility index (Phi) is 1.86. The van der Waals surface area contributed by atoms with Crippen molar-refractivity contribution < 1.29 is 9.53 Å². The second kappa shape index (κ2) is 2.61. The number of carbonyl (C=O) groups is 1. The summed E-state index contributed by atoms with van der Waals surface area (Å²) in [6.45, 7) is 5.17. The van der Waals surface area contributed by atoms with Gasteiger partial charge in [0.15, 0.2) is 0 Å². The Balaban J connectivity index is 2.15. The third kappa shape index (κ3) is 1.10. The number of rotatable bonds is 1.